The van der Waals surface area contributed by atoms with Gasteiger partial charge >= 0.3 is 0 Å². The summed E-state index contributed by atoms with van der Waals surface area (Å²) in [4.78, 5) is 20.6. The lowest BCUT2D eigenvalue weighted by Gasteiger charge is -2.36. The largest absolute Gasteiger partial charge is 0.497 e. The highest BCUT2D eigenvalue weighted by Gasteiger charge is 2.42. The summed E-state index contributed by atoms with van der Waals surface area (Å²) in [5, 5.41) is 5.23. The molecule has 166 valence electrons. The molecule has 1 aromatic carbocycles. The lowest BCUT2D eigenvalue weighted by molar-refractivity contribution is 0.0627. The molecule has 0 saturated heterocycles. The van der Waals surface area contributed by atoms with Gasteiger partial charge in [0.2, 0.25) is 0 Å². The molecule has 3 aromatic rings. The molecular weight excluding hydrogens is 468 g/mol. The number of aryl methyl sites for hydroxylation is 2. The van der Waals surface area contributed by atoms with Gasteiger partial charge in [0.1, 0.15) is 5.75 Å². The zero-order valence-corrected chi connectivity index (χ0v) is 20.2. The van der Waals surface area contributed by atoms with Gasteiger partial charge in [-0.3, -0.25) is 14.5 Å². The van der Waals surface area contributed by atoms with Crippen LogP contribution in [0, 0.1) is 12.8 Å². The first-order chi connectivity index (χ1) is 15.5. The SMILES string of the molecule is COc1ccnc(C(C2CC2)N2CCc3c(cc(CBr)cc3-c3cn(C)nc3C)C2=O)c1. The molecule has 1 amide bonds. The Hall–Kier alpha value is -2.67. The molecule has 0 N–H and O–H groups in total. The van der Waals surface area contributed by atoms with E-state index in [0.29, 0.717) is 17.8 Å². The molecule has 32 heavy (non-hydrogen) atoms. The molecule has 6 nitrogen and oxygen atoms in total. The Morgan fingerprint density at radius 3 is 2.66 bits per heavy atom. The molecule has 1 aliphatic heterocycles. The molecule has 3 heterocycles. The van der Waals surface area contributed by atoms with Crippen molar-refractivity contribution >= 4 is 21.8 Å². The predicted octanol–water partition coefficient (Wildman–Crippen LogP) is 4.84. The Morgan fingerprint density at radius 2 is 2.00 bits per heavy atom. The van der Waals surface area contributed by atoms with Crippen molar-refractivity contribution in [1.29, 1.82) is 0 Å². The van der Waals surface area contributed by atoms with Gasteiger partial charge in [0, 0.05) is 48.5 Å². The summed E-state index contributed by atoms with van der Waals surface area (Å²) in [6, 6.07) is 8.07. The molecule has 5 rings (SSSR count). The fraction of sp³-hybridized carbons (Fsp3) is 0.400. The van der Waals surface area contributed by atoms with Crippen LogP contribution in [0.1, 0.15) is 51.8 Å². The summed E-state index contributed by atoms with van der Waals surface area (Å²) in [6.07, 6.45) is 6.90. The summed E-state index contributed by atoms with van der Waals surface area (Å²) in [7, 11) is 3.60. The fourth-order valence-corrected chi connectivity index (χ4v) is 5.24. The van der Waals surface area contributed by atoms with Crippen molar-refractivity contribution in [2.24, 2.45) is 13.0 Å². The van der Waals surface area contributed by atoms with E-state index in [1.54, 1.807) is 13.3 Å². The number of halogens is 1. The molecule has 1 aliphatic carbocycles. The van der Waals surface area contributed by atoms with Gasteiger partial charge in [-0.05, 0) is 67.0 Å². The minimum Gasteiger partial charge on any atom is -0.497 e. The number of carbonyl (C=O) groups is 1. The van der Waals surface area contributed by atoms with Crippen molar-refractivity contribution in [1.82, 2.24) is 19.7 Å². The quantitative estimate of drug-likeness (QED) is 0.459. The molecule has 0 bridgehead atoms. The maximum atomic E-state index is 13.9. The monoisotopic (exact) mass is 494 g/mol. The molecule has 0 spiro atoms. The number of ether oxygens (including phenoxy) is 1. The highest BCUT2D eigenvalue weighted by molar-refractivity contribution is 9.08. The van der Waals surface area contributed by atoms with E-state index in [4.69, 9.17) is 4.74 Å². The molecule has 2 aromatic heterocycles. The van der Waals surface area contributed by atoms with E-state index in [2.05, 4.69) is 38.1 Å². The smallest absolute Gasteiger partial charge is 0.254 e. The number of methoxy groups -OCH3 is 1. The number of nitrogens with zero attached hydrogens (tertiary/aromatic N) is 4. The molecule has 1 atom stereocenters. The third-order valence-corrected chi connectivity index (χ3v) is 7.20. The summed E-state index contributed by atoms with van der Waals surface area (Å²) < 4.78 is 7.27. The number of benzene rings is 1. The Morgan fingerprint density at radius 1 is 1.22 bits per heavy atom. The summed E-state index contributed by atoms with van der Waals surface area (Å²) >= 11 is 3.60. The number of fused-ring (bicyclic) bond motifs is 1. The second-order valence-corrected chi connectivity index (χ2v) is 9.32. The second kappa shape index (κ2) is 8.35. The molecule has 1 saturated carbocycles. The third kappa shape index (κ3) is 3.72. The molecule has 0 radical (unpaired) electrons. The number of amides is 1. The van der Waals surface area contributed by atoms with Crippen LogP contribution >= 0.6 is 15.9 Å². The van der Waals surface area contributed by atoms with Gasteiger partial charge in [-0.2, -0.15) is 5.10 Å². The lowest BCUT2D eigenvalue weighted by Crippen LogP contribution is -2.41. The van der Waals surface area contributed by atoms with Crippen molar-refractivity contribution in [3.63, 3.8) is 0 Å². The average Bonchev–Trinajstić information content (AvgIpc) is 3.58. The van der Waals surface area contributed by atoms with Crippen molar-refractivity contribution in [2.45, 2.75) is 37.6 Å². The van der Waals surface area contributed by atoms with Crippen LogP contribution in [0.4, 0.5) is 0 Å². The van der Waals surface area contributed by atoms with E-state index in [0.717, 1.165) is 64.2 Å². The van der Waals surface area contributed by atoms with Crippen LogP contribution in [-0.2, 0) is 18.8 Å². The van der Waals surface area contributed by atoms with E-state index >= 15 is 0 Å². The molecule has 2 aliphatic rings. The van der Waals surface area contributed by atoms with Crippen LogP contribution in [0.25, 0.3) is 11.1 Å². The zero-order valence-electron chi connectivity index (χ0n) is 18.6. The van der Waals surface area contributed by atoms with Crippen LogP contribution in [0.3, 0.4) is 0 Å². The van der Waals surface area contributed by atoms with Crippen LogP contribution in [0.5, 0.6) is 5.75 Å². The van der Waals surface area contributed by atoms with Crippen molar-refractivity contribution in [2.75, 3.05) is 13.7 Å². The normalized spacial score (nSPS) is 16.8. The maximum absolute atomic E-state index is 13.9. The van der Waals surface area contributed by atoms with Crippen LogP contribution < -0.4 is 4.74 Å². The number of hydrogen-bond donors (Lipinski definition) is 0. The van der Waals surface area contributed by atoms with Crippen molar-refractivity contribution in [3.05, 3.63) is 64.7 Å². The third-order valence-electron chi connectivity index (χ3n) is 6.56. The highest BCUT2D eigenvalue weighted by Crippen LogP contribution is 2.46. The summed E-state index contributed by atoms with van der Waals surface area (Å²) in [5.41, 5.74) is 7.15. The first-order valence-corrected chi connectivity index (χ1v) is 12.2. The second-order valence-electron chi connectivity index (χ2n) is 8.76. The number of carbonyl (C=O) groups excluding carboxylic acids is 1. The number of aromatic nitrogens is 3. The Bertz CT molecular complexity index is 1180. The van der Waals surface area contributed by atoms with Gasteiger partial charge in [0.05, 0.1) is 24.5 Å². The standard InChI is InChI=1S/C25H27BrN4O2/c1-15-22(14-29(2)28-15)20-10-16(13-26)11-21-19(20)7-9-30(25(21)31)24(17-4-5-17)23-12-18(32-3)6-8-27-23/h6,8,10-12,14,17,24H,4-5,7,9,13H2,1-3H3. The predicted molar refractivity (Wildman–Crippen MR) is 127 cm³/mol. The van der Waals surface area contributed by atoms with Crippen molar-refractivity contribution in [3.8, 4) is 16.9 Å². The number of rotatable bonds is 6. The zero-order chi connectivity index (χ0) is 22.4. The van der Waals surface area contributed by atoms with Gasteiger partial charge in [0.15, 0.2) is 0 Å². The minimum atomic E-state index is -0.0121. The molecule has 1 unspecified atom stereocenters. The number of pyridine rings is 1. The molecule has 1 fully saturated rings. The number of alkyl halides is 1. The average molecular weight is 495 g/mol. The molecule has 7 heteroatoms. The van der Waals surface area contributed by atoms with Gasteiger partial charge in [-0.15, -0.1) is 0 Å². The van der Waals surface area contributed by atoms with E-state index in [9.17, 15) is 4.79 Å². The maximum Gasteiger partial charge on any atom is 0.254 e. The fourth-order valence-electron chi connectivity index (χ4n) is 4.91. The number of hydrogen-bond acceptors (Lipinski definition) is 4. The van der Waals surface area contributed by atoms with E-state index in [-0.39, 0.29) is 11.9 Å². The van der Waals surface area contributed by atoms with E-state index in [1.165, 1.54) is 0 Å². The van der Waals surface area contributed by atoms with Crippen molar-refractivity contribution < 1.29 is 9.53 Å². The van der Waals surface area contributed by atoms with E-state index < -0.39 is 0 Å². The van der Waals surface area contributed by atoms with Gasteiger partial charge in [-0.1, -0.05) is 15.9 Å². The highest BCUT2D eigenvalue weighted by atomic mass is 79.9. The van der Waals surface area contributed by atoms with Crippen LogP contribution in [0.15, 0.2) is 36.7 Å². The first-order valence-electron chi connectivity index (χ1n) is 11.0. The summed E-state index contributed by atoms with van der Waals surface area (Å²) in [5.74, 6) is 1.33. The van der Waals surface area contributed by atoms with E-state index in [1.807, 2.05) is 41.9 Å². The Balaban J connectivity index is 1.58. The Labute approximate surface area is 196 Å². The van der Waals surface area contributed by atoms with Gasteiger partial charge in [0.25, 0.3) is 5.91 Å². The lowest BCUT2D eigenvalue weighted by atomic mass is 9.87. The first kappa shape index (κ1) is 21.2. The topological polar surface area (TPSA) is 60.2 Å². The van der Waals surface area contributed by atoms with Crippen LogP contribution in [-0.4, -0.2) is 39.2 Å². The Kier molecular flexibility index (Phi) is 5.53. The van der Waals surface area contributed by atoms with Gasteiger partial charge < -0.3 is 9.64 Å². The summed E-state index contributed by atoms with van der Waals surface area (Å²) in [6.45, 7) is 2.71. The van der Waals surface area contributed by atoms with Crippen LogP contribution in [0.2, 0.25) is 0 Å². The molecular formula is C25H27BrN4O2. The van der Waals surface area contributed by atoms with Gasteiger partial charge in [-0.25, -0.2) is 0 Å². The minimum absolute atomic E-state index is 0.0121.